The number of alkyl halides is 1. The zero-order chi connectivity index (χ0) is 27.7. The summed E-state index contributed by atoms with van der Waals surface area (Å²) in [5.41, 5.74) is 0. The molecular formula is C35H75Cl2N. The minimum Gasteiger partial charge on any atom is -1.00 e. The molecule has 0 N–H and O–H groups in total. The Labute approximate surface area is 255 Å². The summed E-state index contributed by atoms with van der Waals surface area (Å²) >= 11 is 5.64. The Bertz CT molecular complexity index is 367. The van der Waals surface area contributed by atoms with Crippen molar-refractivity contribution >= 4 is 11.6 Å². The number of rotatable bonds is 29. The summed E-state index contributed by atoms with van der Waals surface area (Å²) in [6.45, 7) is 5.91. The molecule has 0 aliphatic carbocycles. The summed E-state index contributed by atoms with van der Waals surface area (Å²) in [6, 6.07) is 0. The average molecular weight is 581 g/mol. The first-order chi connectivity index (χ1) is 18.0. The van der Waals surface area contributed by atoms with Crippen molar-refractivity contribution in [2.24, 2.45) is 0 Å². The van der Waals surface area contributed by atoms with E-state index in [1.165, 1.54) is 186 Å². The Kier molecular flexibility index (Phi) is 42.5. The van der Waals surface area contributed by atoms with Gasteiger partial charge in [0.25, 0.3) is 0 Å². The molecule has 0 aliphatic rings. The van der Waals surface area contributed by atoms with Gasteiger partial charge in [-0.15, -0.1) is 11.6 Å². The molecule has 0 heterocycles. The largest absolute Gasteiger partial charge is 1.00 e. The summed E-state index contributed by atoms with van der Waals surface area (Å²) in [5.74, 6) is 0.845. The number of halogens is 2. The van der Waals surface area contributed by atoms with Crippen molar-refractivity contribution in [3.05, 3.63) is 0 Å². The first-order valence-electron chi connectivity index (χ1n) is 17.3. The lowest BCUT2D eigenvalue weighted by molar-refractivity contribution is -0.870. The Morgan fingerprint density at radius 1 is 0.342 bits per heavy atom. The number of hydrogen-bond acceptors (Lipinski definition) is 0. The third-order valence-electron chi connectivity index (χ3n) is 7.67. The second-order valence-electron chi connectivity index (χ2n) is 12.9. The van der Waals surface area contributed by atoms with Crippen molar-refractivity contribution in [1.29, 1.82) is 0 Å². The van der Waals surface area contributed by atoms with Gasteiger partial charge in [0, 0.05) is 5.88 Å². The summed E-state index contributed by atoms with van der Waals surface area (Å²) in [6.07, 6.45) is 40.2. The van der Waals surface area contributed by atoms with E-state index in [0.717, 1.165) is 10.4 Å². The number of hydrogen-bond donors (Lipinski definition) is 0. The lowest BCUT2D eigenvalue weighted by atomic mass is 10.0. The maximum Gasteiger partial charge on any atom is 0.0780 e. The van der Waals surface area contributed by atoms with E-state index in [0.29, 0.717) is 0 Å². The van der Waals surface area contributed by atoms with Crippen LogP contribution < -0.4 is 12.4 Å². The van der Waals surface area contributed by atoms with Crippen molar-refractivity contribution in [2.45, 2.75) is 194 Å². The molecule has 0 atom stereocenters. The lowest BCUT2D eigenvalue weighted by Crippen LogP contribution is -3.00. The molecule has 0 rings (SSSR count). The maximum atomic E-state index is 5.64. The minimum absolute atomic E-state index is 0. The Morgan fingerprint density at radius 3 is 0.763 bits per heavy atom. The highest BCUT2D eigenvalue weighted by Gasteiger charge is 2.05. The molecule has 3 heteroatoms. The molecule has 0 amide bonds. The number of unbranched alkanes of at least 4 members (excludes halogenated alkanes) is 26. The van der Waals surface area contributed by atoms with Gasteiger partial charge in [-0.1, -0.05) is 174 Å². The molecule has 1 nitrogen and oxygen atoms in total. The average Bonchev–Trinajstić information content (AvgIpc) is 2.87. The first kappa shape index (κ1) is 43.0. The van der Waals surface area contributed by atoms with Crippen LogP contribution in [0.25, 0.3) is 0 Å². The summed E-state index contributed by atoms with van der Waals surface area (Å²) in [5, 5.41) is 0. The molecule has 0 saturated carbocycles. The lowest BCUT2D eigenvalue weighted by Gasteiger charge is -2.23. The Hall–Kier alpha value is 0.540. The van der Waals surface area contributed by atoms with Crippen LogP contribution in [0.15, 0.2) is 0 Å². The van der Waals surface area contributed by atoms with Crippen LogP contribution in [0.1, 0.15) is 194 Å². The topological polar surface area (TPSA) is 0 Å². The molecule has 0 bridgehead atoms. The van der Waals surface area contributed by atoms with Gasteiger partial charge in [-0.3, -0.25) is 0 Å². The summed E-state index contributed by atoms with van der Waals surface area (Å²) in [4.78, 5) is 0. The van der Waals surface area contributed by atoms with Crippen LogP contribution in [0, 0.1) is 0 Å². The first-order valence-corrected chi connectivity index (χ1v) is 17.9. The molecule has 0 unspecified atom stereocenters. The van der Waals surface area contributed by atoms with Gasteiger partial charge in [-0.25, -0.2) is 0 Å². The van der Waals surface area contributed by atoms with Gasteiger partial charge in [0.1, 0.15) is 0 Å². The zero-order valence-corrected chi connectivity index (χ0v) is 28.9. The van der Waals surface area contributed by atoms with E-state index < -0.39 is 0 Å². The fraction of sp³-hybridized carbons (Fsp3) is 1.00. The predicted octanol–water partition coefficient (Wildman–Crippen LogP) is 9.88. The van der Waals surface area contributed by atoms with Crippen molar-refractivity contribution < 1.29 is 16.9 Å². The normalized spacial score (nSPS) is 11.2. The van der Waals surface area contributed by atoms with Gasteiger partial charge in [-0.05, 0) is 19.3 Å². The predicted molar refractivity (Wildman–Crippen MR) is 174 cm³/mol. The molecule has 234 valence electrons. The molecule has 0 fully saturated rings. The quantitative estimate of drug-likeness (QED) is 0.0469. The van der Waals surface area contributed by atoms with Crippen LogP contribution in [-0.4, -0.2) is 38.1 Å². The van der Waals surface area contributed by atoms with Crippen molar-refractivity contribution in [2.75, 3.05) is 33.6 Å². The van der Waals surface area contributed by atoms with Gasteiger partial charge >= 0.3 is 0 Å². The summed E-state index contributed by atoms with van der Waals surface area (Å²) < 4.78 is 1.12. The standard InChI is InChI=1S/C19H42N.C16H33Cl.ClH/c1-5-6-7-8-9-10-11-12-13-14-15-16-17-18-19-20(2,3)4;1-2-3-4-5-6-7-8-9-10-11-12-13-14-15-16-17;/h5-19H2,1-4H3;2-16H2,1H3;1H/q+1;;/p-1. The van der Waals surface area contributed by atoms with Crippen LogP contribution in [-0.2, 0) is 0 Å². The second-order valence-corrected chi connectivity index (χ2v) is 13.3. The second kappa shape index (κ2) is 37.5. The van der Waals surface area contributed by atoms with E-state index in [1.54, 1.807) is 0 Å². The molecule has 38 heavy (non-hydrogen) atoms. The van der Waals surface area contributed by atoms with Crippen molar-refractivity contribution in [3.63, 3.8) is 0 Å². The minimum atomic E-state index is 0. The molecule has 0 aromatic heterocycles. The fourth-order valence-electron chi connectivity index (χ4n) is 5.07. The third-order valence-corrected chi connectivity index (χ3v) is 7.94. The SMILES string of the molecule is CCCCCCCCCCCCCCCCCl.CCCCCCCCCCCCCCCC[N+](C)(C)C.[Cl-]. The number of nitrogens with zero attached hydrogens (tertiary/aromatic N) is 1. The maximum absolute atomic E-state index is 5.64. The van der Waals surface area contributed by atoms with E-state index >= 15 is 0 Å². The van der Waals surface area contributed by atoms with Gasteiger partial charge in [0.2, 0.25) is 0 Å². The van der Waals surface area contributed by atoms with Crippen LogP contribution in [0.4, 0.5) is 0 Å². The molecule has 0 saturated heterocycles. The molecule has 0 aliphatic heterocycles. The van der Waals surface area contributed by atoms with Gasteiger partial charge in [-0.2, -0.15) is 0 Å². The fourth-order valence-corrected chi connectivity index (χ4v) is 5.26. The van der Waals surface area contributed by atoms with E-state index in [4.69, 9.17) is 11.6 Å². The van der Waals surface area contributed by atoms with Gasteiger partial charge < -0.3 is 16.9 Å². The van der Waals surface area contributed by atoms with Gasteiger partial charge in [0.15, 0.2) is 0 Å². The molecule has 0 aromatic rings. The van der Waals surface area contributed by atoms with E-state index in [2.05, 4.69) is 35.0 Å². The zero-order valence-electron chi connectivity index (χ0n) is 27.4. The highest BCUT2D eigenvalue weighted by atomic mass is 35.5. The molecule has 0 spiro atoms. The highest BCUT2D eigenvalue weighted by molar-refractivity contribution is 6.17. The smallest absolute Gasteiger partial charge is 0.0780 e. The van der Waals surface area contributed by atoms with Crippen LogP contribution >= 0.6 is 11.6 Å². The van der Waals surface area contributed by atoms with Gasteiger partial charge in [0.05, 0.1) is 27.7 Å². The van der Waals surface area contributed by atoms with E-state index in [1.807, 2.05) is 0 Å². The molecule has 0 radical (unpaired) electrons. The monoisotopic (exact) mass is 580 g/mol. The number of quaternary nitrogens is 1. The van der Waals surface area contributed by atoms with Crippen molar-refractivity contribution in [1.82, 2.24) is 0 Å². The van der Waals surface area contributed by atoms with E-state index in [-0.39, 0.29) is 12.4 Å². The summed E-state index contributed by atoms with van der Waals surface area (Å²) in [7, 11) is 6.88. The highest BCUT2D eigenvalue weighted by Crippen LogP contribution is 2.14. The van der Waals surface area contributed by atoms with Crippen molar-refractivity contribution in [3.8, 4) is 0 Å². The third kappa shape index (κ3) is 46.4. The van der Waals surface area contributed by atoms with Crippen LogP contribution in [0.5, 0.6) is 0 Å². The van der Waals surface area contributed by atoms with E-state index in [9.17, 15) is 0 Å². The Morgan fingerprint density at radius 2 is 0.553 bits per heavy atom. The van der Waals surface area contributed by atoms with Crippen LogP contribution in [0.3, 0.4) is 0 Å². The molecule has 0 aromatic carbocycles. The van der Waals surface area contributed by atoms with Crippen LogP contribution in [0.2, 0.25) is 0 Å². The molecular weight excluding hydrogens is 505 g/mol. The Balaban J connectivity index is -0.000000636.